The molecule has 0 saturated carbocycles. The molecule has 0 saturated heterocycles. The molecule has 0 fully saturated rings. The van der Waals surface area contributed by atoms with Gasteiger partial charge in [0.2, 0.25) is 5.43 Å². The third-order valence-electron chi connectivity index (χ3n) is 3.10. The van der Waals surface area contributed by atoms with E-state index in [0.29, 0.717) is 10.0 Å². The summed E-state index contributed by atoms with van der Waals surface area (Å²) in [7, 11) is 0. The lowest BCUT2D eigenvalue weighted by Gasteiger charge is -2.05. The van der Waals surface area contributed by atoms with Crippen LogP contribution in [0.2, 0.25) is 0 Å². The van der Waals surface area contributed by atoms with Gasteiger partial charge in [0.15, 0.2) is 11.5 Å². The maximum atomic E-state index is 12.5. The number of hydrogen-bond donors (Lipinski definition) is 1. The summed E-state index contributed by atoms with van der Waals surface area (Å²) < 4.78 is 37.9. The fraction of sp³-hybridized carbons (Fsp3) is 0.0588. The second kappa shape index (κ2) is 7.00. The molecule has 3 nitrogen and oxygen atoms in total. The second-order valence-electron chi connectivity index (χ2n) is 4.81. The molecule has 0 aliphatic carbocycles. The molecule has 0 bridgehead atoms. The maximum absolute atomic E-state index is 12.5. The third kappa shape index (κ3) is 4.32. The van der Waals surface area contributed by atoms with E-state index in [1.54, 1.807) is 0 Å². The van der Waals surface area contributed by atoms with Crippen molar-refractivity contribution < 1.29 is 23.1 Å². The van der Waals surface area contributed by atoms with Crippen molar-refractivity contribution in [2.75, 3.05) is 0 Å². The lowest BCUT2D eigenvalue weighted by atomic mass is 10.1. The third-order valence-corrected chi connectivity index (χ3v) is 3.59. The normalized spacial score (nSPS) is 11.7. The smallest absolute Gasteiger partial charge is 0.416 e. The molecule has 0 amide bonds. The number of allylic oxidation sites excluding steroid dienone is 1. The summed E-state index contributed by atoms with van der Waals surface area (Å²) in [6.45, 7) is 0. The number of rotatable bonds is 3. The molecule has 2 aromatic rings. The first-order valence-electron chi connectivity index (χ1n) is 6.61. The van der Waals surface area contributed by atoms with Crippen LogP contribution in [0.15, 0.2) is 57.8 Å². The lowest BCUT2D eigenvalue weighted by Crippen LogP contribution is -2.04. The van der Waals surface area contributed by atoms with Crippen molar-refractivity contribution in [2.24, 2.45) is 0 Å². The molecule has 2 aromatic carbocycles. The minimum atomic E-state index is -4.43. The number of aromatic hydroxyl groups is 1. The summed E-state index contributed by atoms with van der Waals surface area (Å²) in [5.41, 5.74) is -1.34. The standard InChI is InChI=1S/C17H10BrF3O3/c18-12-6-8-15(23)16(24)13(9-12)14(22)7-3-10-1-4-11(5-2-10)17(19,20)21/h1-9H,(H,23,24)/b7-3+. The Balaban J connectivity index is 2.29. The number of carbonyl (C=O) groups excluding carboxylic acids is 1. The summed E-state index contributed by atoms with van der Waals surface area (Å²) in [5, 5.41) is 9.76. The van der Waals surface area contributed by atoms with E-state index in [9.17, 15) is 27.9 Å². The predicted octanol–water partition coefficient (Wildman–Crippen LogP) is 4.43. The van der Waals surface area contributed by atoms with Crippen molar-refractivity contribution in [3.8, 4) is 5.75 Å². The molecule has 0 radical (unpaired) electrons. The Kier molecular flexibility index (Phi) is 5.23. The summed E-state index contributed by atoms with van der Waals surface area (Å²) in [4.78, 5) is 23.7. The van der Waals surface area contributed by atoms with E-state index in [0.717, 1.165) is 24.3 Å². The van der Waals surface area contributed by atoms with Gasteiger partial charge >= 0.3 is 6.18 Å². The van der Waals surface area contributed by atoms with Crippen LogP contribution in [0.5, 0.6) is 5.75 Å². The van der Waals surface area contributed by atoms with Crippen LogP contribution in [0.4, 0.5) is 13.2 Å². The zero-order valence-corrected chi connectivity index (χ0v) is 13.6. The van der Waals surface area contributed by atoms with E-state index in [-0.39, 0.29) is 5.56 Å². The Labute approximate surface area is 143 Å². The van der Waals surface area contributed by atoms with Gasteiger partial charge in [0.1, 0.15) is 0 Å². The molecule has 124 valence electrons. The Hall–Kier alpha value is -2.41. The summed E-state index contributed by atoms with van der Waals surface area (Å²) in [6.07, 6.45) is -2.06. The largest absolute Gasteiger partial charge is 0.504 e. The minimum Gasteiger partial charge on any atom is -0.504 e. The summed E-state index contributed by atoms with van der Waals surface area (Å²) in [6, 6.07) is 8.01. The molecule has 0 heterocycles. The van der Waals surface area contributed by atoms with Gasteiger partial charge in [0, 0.05) is 4.47 Å². The van der Waals surface area contributed by atoms with Gasteiger partial charge in [-0.1, -0.05) is 34.1 Å². The molecular formula is C17H10BrF3O3. The van der Waals surface area contributed by atoms with Crippen LogP contribution < -0.4 is 5.43 Å². The highest BCUT2D eigenvalue weighted by Crippen LogP contribution is 2.29. The Morgan fingerprint density at radius 2 is 1.71 bits per heavy atom. The molecule has 0 spiro atoms. The van der Waals surface area contributed by atoms with Crippen molar-refractivity contribution in [1.29, 1.82) is 0 Å². The van der Waals surface area contributed by atoms with Crippen molar-refractivity contribution in [3.05, 3.63) is 79.9 Å². The van der Waals surface area contributed by atoms with Crippen LogP contribution in [0.25, 0.3) is 6.08 Å². The number of hydrogen-bond acceptors (Lipinski definition) is 3. The summed E-state index contributed by atoms with van der Waals surface area (Å²) >= 11 is 3.12. The van der Waals surface area contributed by atoms with Crippen LogP contribution in [0, 0.1) is 0 Å². The molecule has 0 unspecified atom stereocenters. The van der Waals surface area contributed by atoms with Crippen molar-refractivity contribution >= 4 is 27.8 Å². The molecule has 24 heavy (non-hydrogen) atoms. The zero-order chi connectivity index (χ0) is 17.9. The number of carbonyl (C=O) groups is 1. The Bertz CT molecular complexity index is 856. The molecule has 0 aliphatic heterocycles. The average molecular weight is 399 g/mol. The van der Waals surface area contributed by atoms with Crippen LogP contribution in [0.1, 0.15) is 21.5 Å². The van der Waals surface area contributed by atoms with Gasteiger partial charge in [0.05, 0.1) is 11.1 Å². The van der Waals surface area contributed by atoms with Gasteiger partial charge in [-0.2, -0.15) is 13.2 Å². The first kappa shape index (κ1) is 17.9. The van der Waals surface area contributed by atoms with Crippen LogP contribution in [-0.4, -0.2) is 10.9 Å². The summed E-state index contributed by atoms with van der Waals surface area (Å²) in [5.74, 6) is -1.34. The van der Waals surface area contributed by atoms with Gasteiger partial charge in [-0.15, -0.1) is 0 Å². The van der Waals surface area contributed by atoms with Gasteiger partial charge < -0.3 is 5.11 Å². The van der Waals surface area contributed by atoms with Gasteiger partial charge in [-0.3, -0.25) is 9.59 Å². The van der Waals surface area contributed by atoms with Crippen LogP contribution in [0.3, 0.4) is 0 Å². The molecule has 0 aromatic heterocycles. The fourth-order valence-corrected chi connectivity index (χ4v) is 2.22. The molecule has 2 rings (SSSR count). The number of alkyl halides is 3. The van der Waals surface area contributed by atoms with E-state index in [2.05, 4.69) is 15.9 Å². The monoisotopic (exact) mass is 398 g/mol. The Morgan fingerprint density at radius 3 is 2.29 bits per heavy atom. The molecule has 0 atom stereocenters. The lowest BCUT2D eigenvalue weighted by molar-refractivity contribution is -0.137. The van der Waals surface area contributed by atoms with Crippen molar-refractivity contribution in [1.82, 2.24) is 0 Å². The highest BCUT2D eigenvalue weighted by atomic mass is 79.9. The zero-order valence-electron chi connectivity index (χ0n) is 12.0. The first-order chi connectivity index (χ1) is 11.2. The molecule has 1 N–H and O–H groups in total. The van der Waals surface area contributed by atoms with Gasteiger partial charge in [-0.25, -0.2) is 0 Å². The number of benzene rings is 1. The van der Waals surface area contributed by atoms with Crippen molar-refractivity contribution in [2.45, 2.75) is 6.18 Å². The van der Waals surface area contributed by atoms with E-state index >= 15 is 0 Å². The first-order valence-corrected chi connectivity index (χ1v) is 7.40. The predicted molar refractivity (Wildman–Crippen MR) is 86.9 cm³/mol. The maximum Gasteiger partial charge on any atom is 0.416 e. The SMILES string of the molecule is O=C(/C=C/c1ccc(C(F)(F)F)cc1)c1cc(Br)ccc(=O)c1O. The van der Waals surface area contributed by atoms with E-state index in [1.165, 1.54) is 30.3 Å². The molecule has 0 aliphatic rings. The highest BCUT2D eigenvalue weighted by molar-refractivity contribution is 9.10. The van der Waals surface area contributed by atoms with Crippen LogP contribution >= 0.6 is 15.9 Å². The van der Waals surface area contributed by atoms with Gasteiger partial charge in [-0.05, 0) is 42.0 Å². The number of ketones is 1. The van der Waals surface area contributed by atoms with Gasteiger partial charge in [0.25, 0.3) is 0 Å². The van der Waals surface area contributed by atoms with E-state index < -0.39 is 28.7 Å². The van der Waals surface area contributed by atoms with Crippen LogP contribution in [-0.2, 0) is 6.18 Å². The minimum absolute atomic E-state index is 0.208. The average Bonchev–Trinajstić information content (AvgIpc) is 2.65. The number of halogens is 4. The second-order valence-corrected chi connectivity index (χ2v) is 5.72. The topological polar surface area (TPSA) is 54.4 Å². The van der Waals surface area contributed by atoms with Crippen molar-refractivity contribution in [3.63, 3.8) is 0 Å². The van der Waals surface area contributed by atoms with E-state index in [1.807, 2.05) is 0 Å². The molecular weight excluding hydrogens is 389 g/mol. The fourth-order valence-electron chi connectivity index (χ4n) is 1.85. The quantitative estimate of drug-likeness (QED) is 0.614. The Morgan fingerprint density at radius 1 is 1.08 bits per heavy atom. The van der Waals surface area contributed by atoms with E-state index in [4.69, 9.17) is 0 Å². The highest BCUT2D eigenvalue weighted by Gasteiger charge is 2.29. The molecule has 7 heteroatoms.